The van der Waals surface area contributed by atoms with Gasteiger partial charge in [-0.1, -0.05) is 0 Å². The van der Waals surface area contributed by atoms with E-state index in [4.69, 9.17) is 0 Å². The van der Waals surface area contributed by atoms with Crippen LogP contribution in [0.3, 0.4) is 0 Å². The number of hydrogen-bond acceptors (Lipinski definition) is 3. The maximum atomic E-state index is 4.13. The Morgan fingerprint density at radius 1 is 1.17 bits per heavy atom. The van der Waals surface area contributed by atoms with Crippen LogP contribution in [0.2, 0.25) is 0 Å². The lowest BCUT2D eigenvalue weighted by Crippen LogP contribution is -1.82. The summed E-state index contributed by atoms with van der Waals surface area (Å²) in [5.41, 5.74) is 1.96. The Morgan fingerprint density at radius 2 is 1.92 bits per heavy atom. The van der Waals surface area contributed by atoms with Crippen molar-refractivity contribution >= 4 is 12.8 Å². The molecule has 2 rings (SSSR count). The molecule has 0 atom stereocenters. The summed E-state index contributed by atoms with van der Waals surface area (Å²) in [5.74, 6) is 0. The lowest BCUT2D eigenvalue weighted by Gasteiger charge is -1.92. The molecule has 0 saturated carbocycles. The van der Waals surface area contributed by atoms with Gasteiger partial charge in [0.05, 0.1) is 5.69 Å². The molecule has 3 nitrogen and oxygen atoms in total. The van der Waals surface area contributed by atoms with Gasteiger partial charge < -0.3 is 0 Å². The molecule has 2 aromatic heterocycles. The van der Waals surface area contributed by atoms with E-state index in [2.05, 4.69) is 22.9 Å². The Bertz CT molecular complexity index is 369. The maximum Gasteiger partial charge on any atom is 0.0934 e. The number of rotatable bonds is 1. The second-order valence-electron chi connectivity index (χ2n) is 2.36. The van der Waals surface area contributed by atoms with Crippen LogP contribution in [0.25, 0.3) is 11.3 Å². The third-order valence-corrected chi connectivity index (χ3v) is 1.77. The summed E-state index contributed by atoms with van der Waals surface area (Å²) in [5, 5.41) is 4.13. The van der Waals surface area contributed by atoms with Crippen molar-refractivity contribution in [2.45, 2.75) is 0 Å². The summed E-state index contributed by atoms with van der Waals surface area (Å²) in [6, 6.07) is 5.73. The highest BCUT2D eigenvalue weighted by Crippen LogP contribution is 2.14. The van der Waals surface area contributed by atoms with Crippen molar-refractivity contribution in [1.82, 2.24) is 14.2 Å². The highest BCUT2D eigenvalue weighted by atomic mass is 32.1. The zero-order valence-corrected chi connectivity index (χ0v) is 7.15. The van der Waals surface area contributed by atoms with Crippen LogP contribution in [0.15, 0.2) is 36.8 Å². The maximum absolute atomic E-state index is 4.13. The van der Waals surface area contributed by atoms with Gasteiger partial charge >= 0.3 is 0 Å². The van der Waals surface area contributed by atoms with E-state index < -0.39 is 0 Å². The minimum Gasteiger partial charge on any atom is -0.265 e. The highest BCUT2D eigenvalue weighted by molar-refractivity contribution is 7.78. The van der Waals surface area contributed by atoms with E-state index in [0.29, 0.717) is 0 Å². The fourth-order valence-corrected chi connectivity index (χ4v) is 1.15. The molecule has 0 N–H and O–H groups in total. The van der Waals surface area contributed by atoms with Gasteiger partial charge in [0.1, 0.15) is 0 Å². The zero-order valence-electron chi connectivity index (χ0n) is 6.25. The topological polar surface area (TPSA) is 30.7 Å². The van der Waals surface area contributed by atoms with E-state index in [1.54, 1.807) is 18.6 Å². The van der Waals surface area contributed by atoms with E-state index in [0.717, 1.165) is 11.3 Å². The second kappa shape index (κ2) is 2.98. The van der Waals surface area contributed by atoms with Crippen molar-refractivity contribution in [2.24, 2.45) is 0 Å². The molecular weight excluding hydrogens is 170 g/mol. The number of pyridine rings is 1. The van der Waals surface area contributed by atoms with Crippen LogP contribution in [-0.4, -0.2) is 14.2 Å². The summed E-state index contributed by atoms with van der Waals surface area (Å²) < 4.78 is 1.48. The molecule has 0 fully saturated rings. The van der Waals surface area contributed by atoms with E-state index in [1.165, 1.54) is 4.09 Å². The molecular formula is C8H7N3S. The third-order valence-electron chi connectivity index (χ3n) is 1.55. The molecule has 0 unspecified atom stereocenters. The van der Waals surface area contributed by atoms with Crippen LogP contribution in [-0.2, 0) is 0 Å². The highest BCUT2D eigenvalue weighted by Gasteiger charge is 1.98. The molecule has 4 heteroatoms. The Hall–Kier alpha value is -1.29. The molecule has 60 valence electrons. The molecule has 0 radical (unpaired) electrons. The molecule has 0 amide bonds. The monoisotopic (exact) mass is 177 g/mol. The Balaban J connectivity index is 2.45. The predicted molar refractivity (Wildman–Crippen MR) is 49.8 cm³/mol. The standard InChI is InChI=1S/C8H7N3S/c12-11-6-3-8(10-11)7-1-4-9-5-2-7/h1-6,12H. The minimum absolute atomic E-state index is 0.910. The first-order valence-corrected chi connectivity index (χ1v) is 3.91. The van der Waals surface area contributed by atoms with Crippen molar-refractivity contribution in [1.29, 1.82) is 0 Å². The third kappa shape index (κ3) is 1.33. The smallest absolute Gasteiger partial charge is 0.0934 e. The van der Waals surface area contributed by atoms with Gasteiger partial charge in [-0.3, -0.25) is 4.98 Å². The van der Waals surface area contributed by atoms with Gasteiger partial charge in [-0.25, -0.2) is 4.09 Å². The van der Waals surface area contributed by atoms with Crippen molar-refractivity contribution < 1.29 is 0 Å². The number of aromatic nitrogens is 3. The molecule has 0 aliphatic carbocycles. The van der Waals surface area contributed by atoms with Gasteiger partial charge in [-0.15, -0.1) is 0 Å². The van der Waals surface area contributed by atoms with Crippen molar-refractivity contribution in [3.63, 3.8) is 0 Å². The zero-order chi connectivity index (χ0) is 8.39. The SMILES string of the molecule is Sn1ccc(-c2ccncc2)n1. The average molecular weight is 177 g/mol. The molecule has 2 heterocycles. The Labute approximate surface area is 75.6 Å². The van der Waals surface area contributed by atoms with Crippen LogP contribution < -0.4 is 0 Å². The molecule has 12 heavy (non-hydrogen) atoms. The number of thiol groups is 1. The van der Waals surface area contributed by atoms with Gasteiger partial charge in [0.25, 0.3) is 0 Å². The van der Waals surface area contributed by atoms with Crippen molar-refractivity contribution in [3.05, 3.63) is 36.8 Å². The van der Waals surface area contributed by atoms with Gasteiger partial charge in [0, 0.05) is 24.2 Å². The summed E-state index contributed by atoms with van der Waals surface area (Å²) in [7, 11) is 0. The molecule has 0 saturated heterocycles. The van der Waals surface area contributed by atoms with Gasteiger partial charge in [-0.05, 0) is 31.0 Å². The van der Waals surface area contributed by atoms with E-state index in [9.17, 15) is 0 Å². The second-order valence-corrected chi connectivity index (χ2v) is 2.77. The van der Waals surface area contributed by atoms with Crippen LogP contribution in [0, 0.1) is 0 Å². The summed E-state index contributed by atoms with van der Waals surface area (Å²) in [6.07, 6.45) is 5.28. The number of hydrogen-bond donors (Lipinski definition) is 1. The normalized spacial score (nSPS) is 10.1. The van der Waals surface area contributed by atoms with Crippen LogP contribution in [0.1, 0.15) is 0 Å². The first-order valence-electron chi connectivity index (χ1n) is 3.51. The minimum atomic E-state index is 0.910. The van der Waals surface area contributed by atoms with Gasteiger partial charge in [0.15, 0.2) is 0 Å². The fourth-order valence-electron chi connectivity index (χ4n) is 0.991. The summed E-state index contributed by atoms with van der Waals surface area (Å²) in [6.45, 7) is 0. The lowest BCUT2D eigenvalue weighted by atomic mass is 10.2. The first-order chi connectivity index (χ1) is 5.86. The predicted octanol–water partition coefficient (Wildman–Crippen LogP) is 1.64. The van der Waals surface area contributed by atoms with Crippen molar-refractivity contribution in [2.75, 3.05) is 0 Å². The first kappa shape index (κ1) is 7.36. The van der Waals surface area contributed by atoms with Crippen LogP contribution in [0.4, 0.5) is 0 Å². The molecule has 0 aliphatic rings. The number of nitrogens with zero attached hydrogens (tertiary/aromatic N) is 3. The largest absolute Gasteiger partial charge is 0.265 e. The Morgan fingerprint density at radius 3 is 2.50 bits per heavy atom. The lowest BCUT2D eigenvalue weighted by molar-refractivity contribution is 1.02. The summed E-state index contributed by atoms with van der Waals surface area (Å²) >= 11 is 4.05. The quantitative estimate of drug-likeness (QED) is 0.671. The molecule has 0 aliphatic heterocycles. The summed E-state index contributed by atoms with van der Waals surface area (Å²) in [4.78, 5) is 3.92. The van der Waals surface area contributed by atoms with Crippen molar-refractivity contribution in [3.8, 4) is 11.3 Å². The molecule has 2 aromatic rings. The van der Waals surface area contributed by atoms with E-state index in [1.807, 2.05) is 18.2 Å². The molecule has 0 aromatic carbocycles. The van der Waals surface area contributed by atoms with Crippen LogP contribution >= 0.6 is 12.8 Å². The fraction of sp³-hybridized carbons (Fsp3) is 0. The van der Waals surface area contributed by atoms with Gasteiger partial charge in [0.2, 0.25) is 0 Å². The Kier molecular flexibility index (Phi) is 1.83. The van der Waals surface area contributed by atoms with E-state index in [-0.39, 0.29) is 0 Å². The molecule has 0 spiro atoms. The van der Waals surface area contributed by atoms with Crippen LogP contribution in [0.5, 0.6) is 0 Å². The van der Waals surface area contributed by atoms with Gasteiger partial charge in [-0.2, -0.15) is 5.10 Å². The molecule has 0 bridgehead atoms. The average Bonchev–Trinajstić information content (AvgIpc) is 2.54. The van der Waals surface area contributed by atoms with E-state index >= 15 is 0 Å².